The summed E-state index contributed by atoms with van der Waals surface area (Å²) in [5.41, 5.74) is 5.62. The molecule has 0 radical (unpaired) electrons. The minimum atomic E-state index is -4.46. The van der Waals surface area contributed by atoms with Crippen molar-refractivity contribution in [2.24, 2.45) is 12.8 Å². The monoisotopic (exact) mass is 297 g/mol. The lowest BCUT2D eigenvalue weighted by molar-refractivity contribution is -0.140. The second-order valence-corrected chi connectivity index (χ2v) is 4.72. The van der Waals surface area contributed by atoms with Crippen LogP contribution in [0.4, 0.5) is 13.2 Å². The fourth-order valence-corrected chi connectivity index (χ4v) is 1.96. The number of amides is 1. The third kappa shape index (κ3) is 3.62. The number of alkyl halides is 3. The highest BCUT2D eigenvalue weighted by Crippen LogP contribution is 2.30. The predicted octanol–water partition coefficient (Wildman–Crippen LogP) is 2.52. The first-order valence-electron chi connectivity index (χ1n) is 6.25. The molecular formula is C14H14F3N3O. The van der Waals surface area contributed by atoms with Crippen LogP contribution in [0.5, 0.6) is 0 Å². The number of nitrogens with zero attached hydrogens (tertiary/aromatic N) is 2. The van der Waals surface area contributed by atoms with Crippen LogP contribution in [0, 0.1) is 0 Å². The van der Waals surface area contributed by atoms with Crippen molar-refractivity contribution in [3.05, 3.63) is 41.7 Å². The van der Waals surface area contributed by atoms with Crippen LogP contribution < -0.4 is 5.73 Å². The van der Waals surface area contributed by atoms with Gasteiger partial charge in [-0.05, 0) is 12.0 Å². The Bertz CT molecular complexity index is 644. The topological polar surface area (TPSA) is 60.9 Å². The van der Waals surface area contributed by atoms with E-state index in [4.69, 9.17) is 5.73 Å². The van der Waals surface area contributed by atoms with Gasteiger partial charge in [0.1, 0.15) is 5.82 Å². The molecule has 2 aromatic rings. The van der Waals surface area contributed by atoms with Crippen molar-refractivity contribution in [2.75, 3.05) is 0 Å². The zero-order valence-corrected chi connectivity index (χ0v) is 11.3. The Morgan fingerprint density at radius 3 is 2.38 bits per heavy atom. The molecule has 0 spiro atoms. The van der Waals surface area contributed by atoms with E-state index in [0.717, 1.165) is 11.8 Å². The summed E-state index contributed by atoms with van der Waals surface area (Å²) >= 11 is 0. The number of carbonyl (C=O) groups is 1. The van der Waals surface area contributed by atoms with Crippen molar-refractivity contribution < 1.29 is 18.0 Å². The van der Waals surface area contributed by atoms with Gasteiger partial charge in [-0.3, -0.25) is 4.79 Å². The van der Waals surface area contributed by atoms with Crippen LogP contribution >= 0.6 is 0 Å². The molecule has 0 fully saturated rings. The molecule has 1 amide bonds. The van der Waals surface area contributed by atoms with Gasteiger partial charge >= 0.3 is 6.18 Å². The Morgan fingerprint density at radius 1 is 1.29 bits per heavy atom. The zero-order chi connectivity index (χ0) is 15.6. The summed E-state index contributed by atoms with van der Waals surface area (Å²) in [5, 5.41) is 0. The van der Waals surface area contributed by atoms with Crippen LogP contribution in [0.15, 0.2) is 30.5 Å². The molecule has 0 aliphatic heterocycles. The van der Waals surface area contributed by atoms with E-state index >= 15 is 0 Å². The Morgan fingerprint density at radius 2 is 1.90 bits per heavy atom. The highest BCUT2D eigenvalue weighted by molar-refractivity contribution is 5.74. The van der Waals surface area contributed by atoms with E-state index in [0.29, 0.717) is 12.0 Å². The van der Waals surface area contributed by atoms with Crippen molar-refractivity contribution in [2.45, 2.75) is 19.0 Å². The third-order valence-electron chi connectivity index (χ3n) is 3.04. The van der Waals surface area contributed by atoms with Gasteiger partial charge in [0.25, 0.3) is 0 Å². The lowest BCUT2D eigenvalue weighted by atomic mass is 10.1. The number of hydrogen-bond acceptors (Lipinski definition) is 2. The smallest absolute Gasteiger partial charge is 0.370 e. The largest absolute Gasteiger partial charge is 0.434 e. The molecule has 0 bridgehead atoms. The summed E-state index contributed by atoms with van der Waals surface area (Å²) < 4.78 is 39.2. The first kappa shape index (κ1) is 15.1. The molecule has 21 heavy (non-hydrogen) atoms. The molecule has 0 unspecified atom stereocenters. The summed E-state index contributed by atoms with van der Waals surface area (Å²) in [5.74, 6) is -0.151. The van der Waals surface area contributed by atoms with Crippen LogP contribution in [0.1, 0.15) is 17.7 Å². The number of rotatable bonds is 4. The fraction of sp³-hybridized carbons (Fsp3) is 0.286. The zero-order valence-electron chi connectivity index (χ0n) is 11.3. The minimum Gasteiger partial charge on any atom is -0.370 e. The van der Waals surface area contributed by atoms with E-state index in [2.05, 4.69) is 4.98 Å². The Hall–Kier alpha value is -2.31. The SMILES string of the molecule is Cn1cc(C(F)(F)F)nc1-c1ccc(CCC(N)=O)cc1. The number of benzene rings is 1. The van der Waals surface area contributed by atoms with Gasteiger partial charge in [0.15, 0.2) is 5.69 Å². The van der Waals surface area contributed by atoms with Gasteiger partial charge in [-0.15, -0.1) is 0 Å². The quantitative estimate of drug-likeness (QED) is 0.942. The lowest BCUT2D eigenvalue weighted by Crippen LogP contribution is -2.11. The normalized spacial score (nSPS) is 11.6. The van der Waals surface area contributed by atoms with Gasteiger partial charge in [-0.25, -0.2) is 4.98 Å². The summed E-state index contributed by atoms with van der Waals surface area (Å²) in [6.07, 6.45) is -2.77. The summed E-state index contributed by atoms with van der Waals surface area (Å²) in [4.78, 5) is 14.3. The third-order valence-corrected chi connectivity index (χ3v) is 3.04. The molecule has 0 saturated carbocycles. The summed E-state index contributed by atoms with van der Waals surface area (Å²) in [6.45, 7) is 0. The standard InChI is InChI=1S/C14H14F3N3O/c1-20-8-11(14(15,16)17)19-13(20)10-5-2-9(3-6-10)4-7-12(18)21/h2-3,5-6,8H,4,7H2,1H3,(H2,18,21). The van der Waals surface area contributed by atoms with Crippen molar-refractivity contribution in [1.29, 1.82) is 0 Å². The molecular weight excluding hydrogens is 283 g/mol. The molecule has 0 saturated heterocycles. The van der Waals surface area contributed by atoms with Crippen LogP contribution in [-0.2, 0) is 24.4 Å². The van der Waals surface area contributed by atoms with Crippen LogP contribution in [-0.4, -0.2) is 15.5 Å². The molecule has 112 valence electrons. The van der Waals surface area contributed by atoms with Gasteiger partial charge in [-0.1, -0.05) is 24.3 Å². The van der Waals surface area contributed by atoms with Crippen LogP contribution in [0.3, 0.4) is 0 Å². The fourth-order valence-electron chi connectivity index (χ4n) is 1.96. The number of halogens is 3. The molecule has 0 aliphatic carbocycles. The first-order valence-corrected chi connectivity index (χ1v) is 6.25. The van der Waals surface area contributed by atoms with Crippen molar-refractivity contribution in [3.63, 3.8) is 0 Å². The number of carbonyl (C=O) groups excluding carboxylic acids is 1. The molecule has 2 N–H and O–H groups in total. The summed E-state index contributed by atoms with van der Waals surface area (Å²) in [7, 11) is 1.51. The molecule has 7 heteroatoms. The van der Waals surface area contributed by atoms with Crippen LogP contribution in [0.25, 0.3) is 11.4 Å². The molecule has 1 heterocycles. The van der Waals surface area contributed by atoms with Gasteiger partial charge in [0.2, 0.25) is 5.91 Å². The summed E-state index contributed by atoms with van der Waals surface area (Å²) in [6, 6.07) is 6.86. The number of primary amides is 1. The Labute approximate surface area is 119 Å². The Balaban J connectivity index is 2.23. The molecule has 4 nitrogen and oxygen atoms in total. The number of aryl methyl sites for hydroxylation is 2. The number of imidazole rings is 1. The van der Waals surface area contributed by atoms with E-state index in [9.17, 15) is 18.0 Å². The molecule has 0 aliphatic rings. The maximum Gasteiger partial charge on any atom is 0.434 e. The Kier molecular flexibility index (Phi) is 4.02. The molecule has 1 aromatic carbocycles. The average Bonchev–Trinajstić information content (AvgIpc) is 2.79. The van der Waals surface area contributed by atoms with Crippen molar-refractivity contribution in [1.82, 2.24) is 9.55 Å². The maximum absolute atomic E-state index is 12.6. The van der Waals surface area contributed by atoms with Gasteiger partial charge in [-0.2, -0.15) is 13.2 Å². The van der Waals surface area contributed by atoms with Gasteiger partial charge < -0.3 is 10.3 Å². The number of nitrogens with two attached hydrogens (primary N) is 1. The van der Waals surface area contributed by atoms with E-state index in [1.54, 1.807) is 24.3 Å². The highest BCUT2D eigenvalue weighted by atomic mass is 19.4. The highest BCUT2D eigenvalue weighted by Gasteiger charge is 2.34. The minimum absolute atomic E-state index is 0.236. The first-order chi connectivity index (χ1) is 9.77. The number of hydrogen-bond donors (Lipinski definition) is 1. The van der Waals surface area contributed by atoms with E-state index in [1.807, 2.05) is 0 Å². The van der Waals surface area contributed by atoms with E-state index in [-0.39, 0.29) is 12.2 Å². The molecule has 2 rings (SSSR count). The molecule has 0 atom stereocenters. The second-order valence-electron chi connectivity index (χ2n) is 4.72. The van der Waals surface area contributed by atoms with Gasteiger partial charge in [0, 0.05) is 25.2 Å². The maximum atomic E-state index is 12.6. The van der Waals surface area contributed by atoms with Gasteiger partial charge in [0.05, 0.1) is 0 Å². The number of aromatic nitrogens is 2. The van der Waals surface area contributed by atoms with E-state index in [1.165, 1.54) is 11.6 Å². The second kappa shape index (κ2) is 5.59. The van der Waals surface area contributed by atoms with Crippen molar-refractivity contribution in [3.8, 4) is 11.4 Å². The molecule has 1 aromatic heterocycles. The average molecular weight is 297 g/mol. The predicted molar refractivity (Wildman–Crippen MR) is 71.2 cm³/mol. The van der Waals surface area contributed by atoms with Crippen molar-refractivity contribution >= 4 is 5.91 Å². The van der Waals surface area contributed by atoms with E-state index < -0.39 is 17.8 Å². The lowest BCUT2D eigenvalue weighted by Gasteiger charge is -2.04. The van der Waals surface area contributed by atoms with Crippen LogP contribution in [0.2, 0.25) is 0 Å².